The first-order valence-corrected chi connectivity index (χ1v) is 12.8. The van der Waals surface area contributed by atoms with Gasteiger partial charge in [0.1, 0.15) is 0 Å². The number of amides is 2. The highest BCUT2D eigenvalue weighted by molar-refractivity contribution is 5.94. The minimum Gasteiger partial charge on any atom is -0.369 e. The molecule has 33 heavy (non-hydrogen) atoms. The molecule has 1 atom stereocenters. The van der Waals surface area contributed by atoms with Crippen LogP contribution < -0.4 is 10.2 Å². The molecule has 2 amide bonds. The van der Waals surface area contributed by atoms with Gasteiger partial charge in [-0.25, -0.2) is 0 Å². The number of benzene rings is 1. The Morgan fingerprint density at radius 1 is 0.848 bits per heavy atom. The van der Waals surface area contributed by atoms with Crippen LogP contribution in [0.1, 0.15) is 57.3 Å². The van der Waals surface area contributed by atoms with Crippen LogP contribution in [0.5, 0.6) is 0 Å². The smallest absolute Gasteiger partial charge is 0.251 e. The molecular weight excluding hydrogens is 414 g/mol. The van der Waals surface area contributed by atoms with E-state index in [4.69, 9.17) is 0 Å². The monoisotopic (exact) mass is 457 g/mol. The molecule has 7 nitrogen and oxygen atoms in total. The van der Waals surface area contributed by atoms with E-state index >= 15 is 0 Å². The summed E-state index contributed by atoms with van der Waals surface area (Å²) in [6.07, 6.45) is 3.29. The molecule has 2 aliphatic rings. The van der Waals surface area contributed by atoms with Gasteiger partial charge in [0.05, 0.1) is 6.54 Å². The number of carbonyl (C=O) groups excluding carboxylic acids is 2. The van der Waals surface area contributed by atoms with Gasteiger partial charge in [0.15, 0.2) is 0 Å². The molecule has 2 aliphatic heterocycles. The van der Waals surface area contributed by atoms with Crippen molar-refractivity contribution in [2.75, 3.05) is 63.8 Å². The SMILES string of the molecule is CCC(C)NC(=O)c1ccc(N2CCN(CC(=O)N3CCN(C(CC)CC)CC3)CC2)cc1. The second kappa shape index (κ2) is 12.4. The lowest BCUT2D eigenvalue weighted by Crippen LogP contribution is -2.55. The van der Waals surface area contributed by atoms with Gasteiger partial charge in [-0.2, -0.15) is 0 Å². The topological polar surface area (TPSA) is 59.1 Å². The Morgan fingerprint density at radius 3 is 2.00 bits per heavy atom. The highest BCUT2D eigenvalue weighted by atomic mass is 16.2. The molecular formula is C26H43N5O2. The molecule has 184 valence electrons. The number of hydrogen-bond acceptors (Lipinski definition) is 5. The van der Waals surface area contributed by atoms with Gasteiger partial charge in [-0.1, -0.05) is 20.8 Å². The van der Waals surface area contributed by atoms with E-state index in [1.165, 1.54) is 12.8 Å². The van der Waals surface area contributed by atoms with Crippen molar-refractivity contribution < 1.29 is 9.59 Å². The van der Waals surface area contributed by atoms with Crippen LogP contribution in [0.3, 0.4) is 0 Å². The van der Waals surface area contributed by atoms with E-state index in [9.17, 15) is 9.59 Å². The van der Waals surface area contributed by atoms with Crippen LogP contribution in [-0.2, 0) is 4.79 Å². The minimum atomic E-state index is -0.0139. The van der Waals surface area contributed by atoms with E-state index in [1.54, 1.807) is 0 Å². The van der Waals surface area contributed by atoms with E-state index in [0.717, 1.165) is 64.5 Å². The van der Waals surface area contributed by atoms with Gasteiger partial charge >= 0.3 is 0 Å². The fourth-order valence-electron chi connectivity index (χ4n) is 4.83. The number of piperazine rings is 2. The van der Waals surface area contributed by atoms with E-state index in [1.807, 2.05) is 31.2 Å². The molecule has 0 spiro atoms. The molecule has 0 aromatic heterocycles. The third-order valence-corrected chi connectivity index (χ3v) is 7.34. The summed E-state index contributed by atoms with van der Waals surface area (Å²) in [5.74, 6) is 0.254. The van der Waals surface area contributed by atoms with Crippen LogP contribution in [0.25, 0.3) is 0 Å². The van der Waals surface area contributed by atoms with Gasteiger partial charge in [-0.3, -0.25) is 19.4 Å². The van der Waals surface area contributed by atoms with Crippen molar-refractivity contribution in [2.24, 2.45) is 0 Å². The van der Waals surface area contributed by atoms with Crippen LogP contribution in [0, 0.1) is 0 Å². The van der Waals surface area contributed by atoms with Crippen molar-refractivity contribution in [1.82, 2.24) is 20.0 Å². The van der Waals surface area contributed by atoms with E-state index in [2.05, 4.69) is 45.7 Å². The summed E-state index contributed by atoms with van der Waals surface area (Å²) >= 11 is 0. The molecule has 2 heterocycles. The maximum atomic E-state index is 12.8. The molecule has 7 heteroatoms. The summed E-state index contributed by atoms with van der Waals surface area (Å²) in [6, 6.07) is 8.71. The normalized spacial score (nSPS) is 19.1. The minimum absolute atomic E-state index is 0.0139. The molecule has 1 aromatic carbocycles. The molecule has 0 bridgehead atoms. The van der Waals surface area contributed by atoms with Crippen molar-refractivity contribution in [1.29, 1.82) is 0 Å². The second-order valence-electron chi connectivity index (χ2n) is 9.48. The Labute approximate surface area is 200 Å². The van der Waals surface area contributed by atoms with Crippen LogP contribution in [0.15, 0.2) is 24.3 Å². The zero-order chi connectivity index (χ0) is 23.8. The molecule has 2 saturated heterocycles. The average molecular weight is 458 g/mol. The Kier molecular flexibility index (Phi) is 9.56. The number of hydrogen-bond donors (Lipinski definition) is 1. The molecule has 1 aromatic rings. The second-order valence-corrected chi connectivity index (χ2v) is 9.48. The third-order valence-electron chi connectivity index (χ3n) is 7.34. The first kappa shape index (κ1) is 25.5. The van der Waals surface area contributed by atoms with E-state index in [-0.39, 0.29) is 17.9 Å². The van der Waals surface area contributed by atoms with Crippen molar-refractivity contribution in [2.45, 2.75) is 59.0 Å². The number of nitrogens with zero attached hydrogens (tertiary/aromatic N) is 4. The first-order chi connectivity index (χ1) is 15.9. The first-order valence-electron chi connectivity index (χ1n) is 12.8. The van der Waals surface area contributed by atoms with Crippen LogP contribution in [-0.4, -0.2) is 97.5 Å². The summed E-state index contributed by atoms with van der Waals surface area (Å²) in [5, 5.41) is 3.01. The maximum absolute atomic E-state index is 12.8. The van der Waals surface area contributed by atoms with Crippen molar-refractivity contribution in [3.05, 3.63) is 29.8 Å². The van der Waals surface area contributed by atoms with Gasteiger partial charge in [0.25, 0.3) is 5.91 Å². The predicted molar refractivity (Wildman–Crippen MR) is 135 cm³/mol. The summed E-state index contributed by atoms with van der Waals surface area (Å²) in [4.78, 5) is 34.3. The number of nitrogens with one attached hydrogen (secondary N) is 1. The van der Waals surface area contributed by atoms with Crippen LogP contribution in [0.2, 0.25) is 0 Å². The molecule has 1 N–H and O–H groups in total. The standard InChI is InChI=1S/C26H43N5O2/c1-5-21(4)27-26(33)22-8-10-24(11-9-22)30-14-12-28(13-15-30)20-25(32)31-18-16-29(17-19-31)23(6-2)7-3/h8-11,21,23H,5-7,12-20H2,1-4H3,(H,27,33). The quantitative estimate of drug-likeness (QED) is 0.618. The van der Waals surface area contributed by atoms with E-state index in [0.29, 0.717) is 18.2 Å². The molecule has 0 aliphatic carbocycles. The summed E-state index contributed by atoms with van der Waals surface area (Å²) in [7, 11) is 0. The Morgan fingerprint density at radius 2 is 1.45 bits per heavy atom. The van der Waals surface area contributed by atoms with Gasteiger partial charge in [0.2, 0.25) is 5.91 Å². The molecule has 2 fully saturated rings. The molecule has 3 rings (SSSR count). The lowest BCUT2D eigenvalue weighted by molar-refractivity contribution is -0.134. The largest absolute Gasteiger partial charge is 0.369 e. The van der Waals surface area contributed by atoms with Gasteiger partial charge in [-0.05, 0) is 50.5 Å². The third kappa shape index (κ3) is 6.93. The highest BCUT2D eigenvalue weighted by Gasteiger charge is 2.26. The van der Waals surface area contributed by atoms with Crippen LogP contribution >= 0.6 is 0 Å². The lowest BCUT2D eigenvalue weighted by atomic mass is 10.1. The summed E-state index contributed by atoms with van der Waals surface area (Å²) in [5.41, 5.74) is 1.84. The number of rotatable bonds is 9. The Balaban J connectivity index is 1.42. The predicted octanol–water partition coefficient (Wildman–Crippen LogP) is 2.67. The van der Waals surface area contributed by atoms with Gasteiger partial charge < -0.3 is 15.1 Å². The van der Waals surface area contributed by atoms with Crippen molar-refractivity contribution in [3.63, 3.8) is 0 Å². The highest BCUT2D eigenvalue weighted by Crippen LogP contribution is 2.18. The van der Waals surface area contributed by atoms with E-state index < -0.39 is 0 Å². The fraction of sp³-hybridized carbons (Fsp3) is 0.692. The molecule has 0 radical (unpaired) electrons. The zero-order valence-electron chi connectivity index (χ0n) is 21.1. The fourth-order valence-corrected chi connectivity index (χ4v) is 4.83. The van der Waals surface area contributed by atoms with Gasteiger partial charge in [0, 0.05) is 75.7 Å². The number of anilines is 1. The van der Waals surface area contributed by atoms with Crippen molar-refractivity contribution >= 4 is 17.5 Å². The average Bonchev–Trinajstić information content (AvgIpc) is 2.85. The van der Waals surface area contributed by atoms with Gasteiger partial charge in [-0.15, -0.1) is 0 Å². The molecule has 0 saturated carbocycles. The van der Waals surface area contributed by atoms with Crippen molar-refractivity contribution in [3.8, 4) is 0 Å². The van der Waals surface area contributed by atoms with Crippen LogP contribution in [0.4, 0.5) is 5.69 Å². The lowest BCUT2D eigenvalue weighted by Gasteiger charge is -2.40. The Bertz CT molecular complexity index is 748. The molecule has 1 unspecified atom stereocenters. The Hall–Kier alpha value is -2.12. The maximum Gasteiger partial charge on any atom is 0.251 e. The summed E-state index contributed by atoms with van der Waals surface area (Å²) in [6.45, 7) is 16.4. The zero-order valence-corrected chi connectivity index (χ0v) is 21.1. The summed E-state index contributed by atoms with van der Waals surface area (Å²) < 4.78 is 0. The number of carbonyl (C=O) groups is 2.